The Hall–Kier alpha value is -1.17. The van der Waals surface area contributed by atoms with Crippen molar-refractivity contribution in [2.45, 2.75) is 44.6 Å². The molecule has 0 bridgehead atoms. The lowest BCUT2D eigenvalue weighted by molar-refractivity contribution is 0.0394. The van der Waals surface area contributed by atoms with E-state index in [4.69, 9.17) is 0 Å². The molecule has 5 heteroatoms. The van der Waals surface area contributed by atoms with Gasteiger partial charge in [0.05, 0.1) is 10.4 Å². The highest BCUT2D eigenvalue weighted by atomic mass is 32.1. The Bertz CT molecular complexity index is 770. The summed E-state index contributed by atoms with van der Waals surface area (Å²) in [6, 6.07) is 8.51. The molecule has 1 saturated heterocycles. The van der Waals surface area contributed by atoms with E-state index in [1.807, 2.05) is 17.4 Å². The van der Waals surface area contributed by atoms with Gasteiger partial charge in [0.1, 0.15) is 0 Å². The first kappa shape index (κ1) is 18.2. The van der Waals surface area contributed by atoms with Crippen LogP contribution in [0, 0.1) is 12.3 Å². The van der Waals surface area contributed by atoms with Gasteiger partial charge in [-0.2, -0.15) is 0 Å². The third-order valence-electron chi connectivity index (χ3n) is 6.65. The van der Waals surface area contributed by atoms with Gasteiger partial charge in [0.2, 0.25) is 0 Å². The van der Waals surface area contributed by atoms with Gasteiger partial charge in [0.15, 0.2) is 0 Å². The SMILES string of the molecule is Cc1ccc(C(=O)N2CCC3(CCC(c4cccs4)(N(C)C)CC3)C2)s1. The number of thiophene rings is 2. The van der Waals surface area contributed by atoms with Crippen LogP contribution in [0.1, 0.15) is 51.5 Å². The van der Waals surface area contributed by atoms with Crippen LogP contribution in [-0.2, 0) is 5.54 Å². The van der Waals surface area contributed by atoms with E-state index in [9.17, 15) is 4.79 Å². The number of likely N-dealkylation sites (tertiary alicyclic amines) is 1. The minimum absolute atomic E-state index is 0.182. The van der Waals surface area contributed by atoms with E-state index >= 15 is 0 Å². The summed E-state index contributed by atoms with van der Waals surface area (Å²) in [7, 11) is 4.45. The van der Waals surface area contributed by atoms with Crippen LogP contribution in [0.5, 0.6) is 0 Å². The molecular weight excluding hydrogens is 360 g/mol. The second-order valence-electron chi connectivity index (χ2n) is 8.29. The van der Waals surface area contributed by atoms with Gasteiger partial charge in [-0.25, -0.2) is 0 Å². The van der Waals surface area contributed by atoms with Gasteiger partial charge < -0.3 is 4.90 Å². The smallest absolute Gasteiger partial charge is 0.263 e. The molecule has 4 rings (SSSR count). The molecule has 1 amide bonds. The van der Waals surface area contributed by atoms with E-state index in [0.717, 1.165) is 24.4 Å². The molecule has 2 aliphatic rings. The van der Waals surface area contributed by atoms with Gasteiger partial charge in [-0.05, 0) is 82.1 Å². The quantitative estimate of drug-likeness (QED) is 0.740. The van der Waals surface area contributed by atoms with Crippen LogP contribution in [0.4, 0.5) is 0 Å². The molecule has 0 atom stereocenters. The molecule has 3 heterocycles. The molecule has 26 heavy (non-hydrogen) atoms. The first-order chi connectivity index (χ1) is 12.4. The molecule has 1 saturated carbocycles. The Morgan fingerprint density at radius 3 is 2.46 bits per heavy atom. The van der Waals surface area contributed by atoms with Gasteiger partial charge in [0.25, 0.3) is 5.91 Å². The number of carbonyl (C=O) groups is 1. The fourth-order valence-corrected chi connectivity index (χ4v) is 6.78. The van der Waals surface area contributed by atoms with Crippen LogP contribution in [-0.4, -0.2) is 42.9 Å². The number of rotatable bonds is 3. The molecule has 1 aliphatic heterocycles. The molecule has 2 aromatic heterocycles. The maximum absolute atomic E-state index is 12.8. The fourth-order valence-electron chi connectivity index (χ4n) is 4.87. The Morgan fingerprint density at radius 2 is 1.88 bits per heavy atom. The van der Waals surface area contributed by atoms with Crippen LogP contribution in [0.15, 0.2) is 29.6 Å². The Morgan fingerprint density at radius 1 is 1.12 bits per heavy atom. The third-order valence-corrected chi connectivity index (χ3v) is 8.70. The fraction of sp³-hybridized carbons (Fsp3) is 0.571. The summed E-state index contributed by atoms with van der Waals surface area (Å²) in [5.74, 6) is 0.239. The highest BCUT2D eigenvalue weighted by molar-refractivity contribution is 7.13. The molecule has 0 aromatic carbocycles. The second-order valence-corrected chi connectivity index (χ2v) is 10.5. The highest BCUT2D eigenvalue weighted by Crippen LogP contribution is 2.52. The minimum Gasteiger partial charge on any atom is -0.337 e. The lowest BCUT2D eigenvalue weighted by Crippen LogP contribution is -2.47. The second kappa shape index (κ2) is 6.77. The van der Waals surface area contributed by atoms with Crippen molar-refractivity contribution >= 4 is 28.6 Å². The van der Waals surface area contributed by atoms with Gasteiger partial charge in [-0.15, -0.1) is 22.7 Å². The zero-order chi connectivity index (χ0) is 18.4. The Kier molecular flexibility index (Phi) is 4.74. The van der Waals surface area contributed by atoms with Crippen molar-refractivity contribution in [3.8, 4) is 0 Å². The van der Waals surface area contributed by atoms with Crippen molar-refractivity contribution in [1.29, 1.82) is 0 Å². The molecule has 2 aromatic rings. The monoisotopic (exact) mass is 388 g/mol. The zero-order valence-electron chi connectivity index (χ0n) is 16.0. The van der Waals surface area contributed by atoms with E-state index < -0.39 is 0 Å². The van der Waals surface area contributed by atoms with Crippen molar-refractivity contribution < 1.29 is 4.79 Å². The molecule has 0 unspecified atom stereocenters. The summed E-state index contributed by atoms with van der Waals surface area (Å²) in [4.78, 5) is 21.0. The van der Waals surface area contributed by atoms with Gasteiger partial charge >= 0.3 is 0 Å². The molecule has 1 aliphatic carbocycles. The average molecular weight is 389 g/mol. The summed E-state index contributed by atoms with van der Waals surface area (Å²) in [5, 5.41) is 2.20. The van der Waals surface area contributed by atoms with Gasteiger partial charge in [-0.3, -0.25) is 9.69 Å². The number of hydrogen-bond acceptors (Lipinski definition) is 4. The van der Waals surface area contributed by atoms with Gasteiger partial charge in [0, 0.05) is 22.8 Å². The molecule has 140 valence electrons. The van der Waals surface area contributed by atoms with E-state index in [1.165, 1.54) is 35.4 Å². The van der Waals surface area contributed by atoms with Crippen molar-refractivity contribution in [2.75, 3.05) is 27.2 Å². The maximum Gasteiger partial charge on any atom is 0.263 e. The summed E-state index contributed by atoms with van der Waals surface area (Å²) >= 11 is 3.51. The largest absolute Gasteiger partial charge is 0.337 e. The van der Waals surface area contributed by atoms with Crippen LogP contribution in [0.2, 0.25) is 0 Å². The molecule has 2 fully saturated rings. The summed E-state index contributed by atoms with van der Waals surface area (Å²) in [6.45, 7) is 3.93. The molecule has 0 radical (unpaired) electrons. The number of carbonyl (C=O) groups excluding carboxylic acids is 1. The Labute approximate surface area is 164 Å². The van der Waals surface area contributed by atoms with Crippen molar-refractivity contribution in [2.24, 2.45) is 5.41 Å². The number of amides is 1. The van der Waals surface area contributed by atoms with E-state index in [2.05, 4.69) is 54.4 Å². The lowest BCUT2D eigenvalue weighted by Gasteiger charge is -2.48. The summed E-state index contributed by atoms with van der Waals surface area (Å²) in [6.07, 6.45) is 5.99. The first-order valence-corrected chi connectivity index (χ1v) is 11.2. The van der Waals surface area contributed by atoms with Crippen LogP contribution in [0.25, 0.3) is 0 Å². The van der Waals surface area contributed by atoms with E-state index in [-0.39, 0.29) is 11.4 Å². The zero-order valence-corrected chi connectivity index (χ0v) is 17.6. The standard InChI is InChI=1S/C21H28N2OS2/c1-16-6-7-17(26-16)19(24)23-13-12-20(15-23)8-10-21(11-9-20,22(2)3)18-5-4-14-25-18/h4-7,14H,8-13,15H2,1-3H3. The minimum atomic E-state index is 0.182. The number of hydrogen-bond donors (Lipinski definition) is 0. The van der Waals surface area contributed by atoms with Crippen LogP contribution >= 0.6 is 22.7 Å². The maximum atomic E-state index is 12.8. The average Bonchev–Trinajstić information content (AvgIpc) is 3.36. The molecule has 3 nitrogen and oxygen atoms in total. The van der Waals surface area contributed by atoms with Crippen molar-refractivity contribution in [3.05, 3.63) is 44.3 Å². The van der Waals surface area contributed by atoms with Crippen molar-refractivity contribution in [3.63, 3.8) is 0 Å². The van der Waals surface area contributed by atoms with Crippen molar-refractivity contribution in [1.82, 2.24) is 9.80 Å². The van der Waals surface area contributed by atoms with Gasteiger partial charge in [-0.1, -0.05) is 6.07 Å². The normalized spacial score (nSPS) is 29.0. The predicted molar refractivity (Wildman–Crippen MR) is 110 cm³/mol. The van der Waals surface area contributed by atoms with Crippen LogP contribution < -0.4 is 0 Å². The summed E-state index contributed by atoms with van der Waals surface area (Å²) < 4.78 is 0. The highest BCUT2D eigenvalue weighted by Gasteiger charge is 2.48. The topological polar surface area (TPSA) is 23.6 Å². The molecular formula is C21H28N2OS2. The van der Waals surface area contributed by atoms with Crippen LogP contribution in [0.3, 0.4) is 0 Å². The number of nitrogens with zero attached hydrogens (tertiary/aromatic N) is 2. The lowest BCUT2D eigenvalue weighted by atomic mass is 9.66. The third kappa shape index (κ3) is 3.04. The van der Waals surface area contributed by atoms with E-state index in [1.54, 1.807) is 11.3 Å². The Balaban J connectivity index is 1.47. The molecule has 1 spiro atoms. The predicted octanol–water partition coefficient (Wildman–Crippen LogP) is 4.98. The summed E-state index contributed by atoms with van der Waals surface area (Å²) in [5.41, 5.74) is 0.514. The van der Waals surface area contributed by atoms with E-state index in [0.29, 0.717) is 5.41 Å². The molecule has 0 N–H and O–H groups in total. The first-order valence-electron chi connectivity index (χ1n) is 9.51. The number of aryl methyl sites for hydroxylation is 1.